The predicted octanol–water partition coefficient (Wildman–Crippen LogP) is 1.94. The van der Waals surface area contributed by atoms with Gasteiger partial charge in [0.25, 0.3) is 0 Å². The Labute approximate surface area is 99.3 Å². The summed E-state index contributed by atoms with van der Waals surface area (Å²) < 4.78 is 5.66. The normalized spacial score (nSPS) is 33.1. The zero-order chi connectivity index (χ0) is 10.7. The predicted molar refractivity (Wildman–Crippen MR) is 62.1 cm³/mol. The number of amides is 1. The van der Waals surface area contributed by atoms with E-state index in [2.05, 4.69) is 15.9 Å². The number of likely N-dealkylation sites (tertiary alicyclic amines) is 1. The molecule has 2 heterocycles. The van der Waals surface area contributed by atoms with Gasteiger partial charge >= 0.3 is 0 Å². The van der Waals surface area contributed by atoms with Crippen molar-refractivity contribution in [1.29, 1.82) is 0 Å². The van der Waals surface area contributed by atoms with Crippen LogP contribution in [0.2, 0.25) is 0 Å². The lowest BCUT2D eigenvalue weighted by Gasteiger charge is -2.34. The molecule has 0 aliphatic carbocycles. The van der Waals surface area contributed by atoms with E-state index in [1.165, 1.54) is 12.8 Å². The van der Waals surface area contributed by atoms with E-state index in [0.29, 0.717) is 0 Å². The molecule has 1 amide bonds. The van der Waals surface area contributed by atoms with Crippen molar-refractivity contribution in [3.63, 3.8) is 0 Å². The smallest absolute Gasteiger partial charge is 0.236 e. The van der Waals surface area contributed by atoms with Crippen molar-refractivity contribution in [2.45, 2.75) is 43.0 Å². The molecule has 2 atom stereocenters. The fourth-order valence-electron chi connectivity index (χ4n) is 2.27. The van der Waals surface area contributed by atoms with Crippen molar-refractivity contribution in [3.05, 3.63) is 0 Å². The van der Waals surface area contributed by atoms with Crippen LogP contribution in [0, 0.1) is 0 Å². The van der Waals surface area contributed by atoms with Gasteiger partial charge in [-0.25, -0.2) is 0 Å². The highest BCUT2D eigenvalue weighted by molar-refractivity contribution is 9.10. The average molecular weight is 276 g/mol. The summed E-state index contributed by atoms with van der Waals surface area (Å²) in [7, 11) is 0. The largest absolute Gasteiger partial charge is 0.376 e. The maximum Gasteiger partial charge on any atom is 0.236 e. The van der Waals surface area contributed by atoms with Crippen LogP contribution < -0.4 is 0 Å². The minimum absolute atomic E-state index is 0.0369. The molecule has 2 saturated heterocycles. The topological polar surface area (TPSA) is 29.5 Å². The Morgan fingerprint density at radius 1 is 1.33 bits per heavy atom. The van der Waals surface area contributed by atoms with Gasteiger partial charge in [-0.05, 0) is 32.1 Å². The Kier molecular flexibility index (Phi) is 4.03. The van der Waals surface area contributed by atoms with E-state index in [9.17, 15) is 4.79 Å². The average Bonchev–Trinajstić information content (AvgIpc) is 2.26. The molecule has 2 aliphatic rings. The molecule has 2 aliphatic heterocycles. The molecule has 2 unspecified atom stereocenters. The third kappa shape index (κ3) is 2.94. The number of hydrogen-bond acceptors (Lipinski definition) is 2. The van der Waals surface area contributed by atoms with E-state index in [4.69, 9.17) is 4.74 Å². The van der Waals surface area contributed by atoms with E-state index in [0.717, 1.165) is 39.0 Å². The number of halogens is 1. The quantitative estimate of drug-likeness (QED) is 0.721. The van der Waals surface area contributed by atoms with Gasteiger partial charge in [0.05, 0.1) is 10.9 Å². The molecule has 15 heavy (non-hydrogen) atoms. The van der Waals surface area contributed by atoms with Gasteiger partial charge in [0.1, 0.15) is 0 Å². The first-order chi connectivity index (χ1) is 7.27. The van der Waals surface area contributed by atoms with Gasteiger partial charge in [-0.1, -0.05) is 15.9 Å². The molecule has 0 bridgehead atoms. The molecule has 0 spiro atoms. The van der Waals surface area contributed by atoms with E-state index in [-0.39, 0.29) is 16.8 Å². The molecule has 0 saturated carbocycles. The monoisotopic (exact) mass is 275 g/mol. The van der Waals surface area contributed by atoms with Crippen LogP contribution in [0.15, 0.2) is 0 Å². The standard InChI is InChI=1S/C11H18BrNO2/c12-10-5-3-6-13(11(10)14)8-9-4-1-2-7-15-9/h9-10H,1-8H2. The Morgan fingerprint density at radius 3 is 2.93 bits per heavy atom. The van der Waals surface area contributed by atoms with Crippen molar-refractivity contribution < 1.29 is 9.53 Å². The summed E-state index contributed by atoms with van der Waals surface area (Å²) in [5.41, 5.74) is 0. The first kappa shape index (κ1) is 11.4. The van der Waals surface area contributed by atoms with Crippen LogP contribution in [-0.4, -0.2) is 41.4 Å². The van der Waals surface area contributed by atoms with Crippen molar-refractivity contribution >= 4 is 21.8 Å². The molecule has 4 heteroatoms. The van der Waals surface area contributed by atoms with Crippen molar-refractivity contribution in [1.82, 2.24) is 4.90 Å². The van der Waals surface area contributed by atoms with Gasteiger partial charge in [-0.2, -0.15) is 0 Å². The van der Waals surface area contributed by atoms with Crippen LogP contribution in [0.1, 0.15) is 32.1 Å². The molecule has 0 aromatic rings. The highest BCUT2D eigenvalue weighted by atomic mass is 79.9. The van der Waals surface area contributed by atoms with Gasteiger partial charge in [0, 0.05) is 19.7 Å². The molecule has 0 N–H and O–H groups in total. The number of alkyl halides is 1. The van der Waals surface area contributed by atoms with Gasteiger partial charge in [-0.3, -0.25) is 4.79 Å². The lowest BCUT2D eigenvalue weighted by atomic mass is 10.1. The van der Waals surface area contributed by atoms with E-state index >= 15 is 0 Å². The highest BCUT2D eigenvalue weighted by Gasteiger charge is 2.28. The molecule has 86 valence electrons. The SMILES string of the molecule is O=C1C(Br)CCCN1CC1CCCCO1. The number of nitrogens with zero attached hydrogens (tertiary/aromatic N) is 1. The summed E-state index contributed by atoms with van der Waals surface area (Å²) in [6.45, 7) is 2.56. The maximum absolute atomic E-state index is 11.8. The number of piperidine rings is 1. The maximum atomic E-state index is 11.8. The number of ether oxygens (including phenoxy) is 1. The number of hydrogen-bond donors (Lipinski definition) is 0. The molecule has 0 radical (unpaired) electrons. The highest BCUT2D eigenvalue weighted by Crippen LogP contribution is 2.21. The van der Waals surface area contributed by atoms with Crippen LogP contribution in [0.4, 0.5) is 0 Å². The van der Waals surface area contributed by atoms with Crippen LogP contribution in [0.3, 0.4) is 0 Å². The summed E-state index contributed by atoms with van der Waals surface area (Å²) in [4.78, 5) is 13.8. The Hall–Kier alpha value is -0.0900. The van der Waals surface area contributed by atoms with E-state index in [1.807, 2.05) is 4.90 Å². The first-order valence-corrected chi connectivity index (χ1v) is 6.73. The summed E-state index contributed by atoms with van der Waals surface area (Å²) in [5.74, 6) is 0.246. The molecular formula is C11H18BrNO2. The zero-order valence-corrected chi connectivity index (χ0v) is 10.5. The third-order valence-corrected chi connectivity index (χ3v) is 4.01. The summed E-state index contributed by atoms with van der Waals surface area (Å²) in [5, 5.41) is 0. The van der Waals surface area contributed by atoms with Crippen LogP contribution in [-0.2, 0) is 9.53 Å². The van der Waals surface area contributed by atoms with E-state index in [1.54, 1.807) is 0 Å². The minimum Gasteiger partial charge on any atom is -0.376 e. The lowest BCUT2D eigenvalue weighted by Crippen LogP contribution is -2.46. The van der Waals surface area contributed by atoms with Crippen LogP contribution >= 0.6 is 15.9 Å². The molecular weight excluding hydrogens is 258 g/mol. The Morgan fingerprint density at radius 2 is 2.20 bits per heavy atom. The molecule has 2 fully saturated rings. The number of carbonyl (C=O) groups is 1. The van der Waals surface area contributed by atoms with Gasteiger partial charge in [0.15, 0.2) is 0 Å². The zero-order valence-electron chi connectivity index (χ0n) is 8.95. The van der Waals surface area contributed by atoms with Crippen molar-refractivity contribution in [2.75, 3.05) is 19.7 Å². The van der Waals surface area contributed by atoms with Gasteiger partial charge < -0.3 is 9.64 Å². The number of rotatable bonds is 2. The van der Waals surface area contributed by atoms with Crippen LogP contribution in [0.5, 0.6) is 0 Å². The number of carbonyl (C=O) groups excluding carboxylic acids is 1. The summed E-state index contributed by atoms with van der Waals surface area (Å²) in [6, 6.07) is 0. The third-order valence-electron chi connectivity index (χ3n) is 3.16. The second-order valence-corrected chi connectivity index (χ2v) is 5.49. The van der Waals surface area contributed by atoms with E-state index < -0.39 is 0 Å². The second-order valence-electron chi connectivity index (χ2n) is 4.38. The molecule has 3 nitrogen and oxygen atoms in total. The molecule has 0 aromatic carbocycles. The summed E-state index contributed by atoms with van der Waals surface area (Å²) in [6.07, 6.45) is 5.88. The van der Waals surface area contributed by atoms with Crippen molar-refractivity contribution in [3.8, 4) is 0 Å². The summed E-state index contributed by atoms with van der Waals surface area (Å²) >= 11 is 3.43. The minimum atomic E-state index is 0.0369. The van der Waals surface area contributed by atoms with Crippen LogP contribution in [0.25, 0.3) is 0 Å². The lowest BCUT2D eigenvalue weighted by molar-refractivity contribution is -0.135. The van der Waals surface area contributed by atoms with Gasteiger partial charge in [0.2, 0.25) is 5.91 Å². The Bertz CT molecular complexity index is 229. The second kappa shape index (κ2) is 5.30. The van der Waals surface area contributed by atoms with Crippen molar-refractivity contribution in [2.24, 2.45) is 0 Å². The molecule has 2 rings (SSSR count). The van der Waals surface area contributed by atoms with Gasteiger partial charge in [-0.15, -0.1) is 0 Å². The first-order valence-electron chi connectivity index (χ1n) is 5.82. The fourth-order valence-corrected chi connectivity index (χ4v) is 2.88. The Balaban J connectivity index is 1.84. The molecule has 0 aromatic heterocycles. The fraction of sp³-hybridized carbons (Fsp3) is 0.909.